The van der Waals surface area contributed by atoms with Crippen LogP contribution in [0.4, 0.5) is 10.8 Å². The van der Waals surface area contributed by atoms with Crippen molar-refractivity contribution in [3.8, 4) is 0 Å². The van der Waals surface area contributed by atoms with E-state index >= 15 is 0 Å². The van der Waals surface area contributed by atoms with Gasteiger partial charge in [0, 0.05) is 18.7 Å². The number of hydrogen-bond donors (Lipinski definition) is 1. The van der Waals surface area contributed by atoms with E-state index in [1.807, 2.05) is 31.2 Å². The van der Waals surface area contributed by atoms with Crippen LogP contribution in [0.25, 0.3) is 0 Å². The monoisotopic (exact) mass is 344 g/mol. The number of hydrogen-bond acceptors (Lipinski definition) is 5. The lowest BCUT2D eigenvalue weighted by molar-refractivity contribution is -0.122. The van der Waals surface area contributed by atoms with Gasteiger partial charge >= 0.3 is 0 Å². The number of para-hydroxylation sites is 1. The van der Waals surface area contributed by atoms with Crippen LogP contribution >= 0.6 is 11.3 Å². The molecular weight excluding hydrogens is 324 g/mol. The molecule has 2 aromatic rings. The van der Waals surface area contributed by atoms with Crippen LogP contribution in [0.15, 0.2) is 24.3 Å². The summed E-state index contributed by atoms with van der Waals surface area (Å²) in [5, 5.41) is 12.1. The number of nitrogens with zero attached hydrogens (tertiary/aromatic N) is 3. The standard InChI is InChI=1S/C17H20N4O2S/c1-3-11-7-5-6-8-13(11)21-10-12(9-15(21)22)16(23)18-17-20-19-14(4-2)24-17/h5-8,12H,3-4,9-10H2,1-2H3,(H,18,20,23)/t12-/m0/s1. The van der Waals surface area contributed by atoms with Crippen LogP contribution in [0.1, 0.15) is 30.8 Å². The van der Waals surface area contributed by atoms with Crippen molar-refractivity contribution in [2.24, 2.45) is 5.92 Å². The predicted octanol–water partition coefficient (Wildman–Crippen LogP) is 2.65. The fourth-order valence-corrected chi connectivity index (χ4v) is 3.53. The molecule has 1 aromatic carbocycles. The molecule has 0 bridgehead atoms. The summed E-state index contributed by atoms with van der Waals surface area (Å²) in [7, 11) is 0. The summed E-state index contributed by atoms with van der Waals surface area (Å²) in [6, 6.07) is 7.84. The number of nitrogens with one attached hydrogen (secondary N) is 1. The van der Waals surface area contributed by atoms with Gasteiger partial charge in [0.15, 0.2) is 0 Å². The Kier molecular flexibility index (Phi) is 4.89. The highest BCUT2D eigenvalue weighted by atomic mass is 32.1. The highest BCUT2D eigenvalue weighted by Crippen LogP contribution is 2.29. The molecule has 24 heavy (non-hydrogen) atoms. The number of aryl methyl sites for hydroxylation is 2. The number of anilines is 2. The van der Waals surface area contributed by atoms with Crippen LogP contribution in [0, 0.1) is 5.92 Å². The average molecular weight is 344 g/mol. The Morgan fingerprint density at radius 3 is 2.79 bits per heavy atom. The zero-order valence-corrected chi connectivity index (χ0v) is 14.6. The van der Waals surface area contributed by atoms with Gasteiger partial charge in [-0.2, -0.15) is 0 Å². The molecule has 1 aliphatic heterocycles. The third-order valence-electron chi connectivity index (χ3n) is 4.16. The summed E-state index contributed by atoms with van der Waals surface area (Å²) in [6.45, 7) is 4.45. The zero-order chi connectivity index (χ0) is 17.1. The molecule has 2 heterocycles. The summed E-state index contributed by atoms with van der Waals surface area (Å²) in [5.41, 5.74) is 2.02. The molecule has 1 atom stereocenters. The van der Waals surface area contributed by atoms with Crippen LogP contribution in [-0.4, -0.2) is 28.6 Å². The Labute approximate surface area is 144 Å². The van der Waals surface area contributed by atoms with Gasteiger partial charge in [0.25, 0.3) is 0 Å². The van der Waals surface area contributed by atoms with E-state index < -0.39 is 0 Å². The largest absolute Gasteiger partial charge is 0.311 e. The third kappa shape index (κ3) is 3.31. The van der Waals surface area contributed by atoms with E-state index in [9.17, 15) is 9.59 Å². The zero-order valence-electron chi connectivity index (χ0n) is 13.8. The lowest BCUT2D eigenvalue weighted by atomic mass is 10.1. The molecule has 3 rings (SSSR count). The molecule has 1 aromatic heterocycles. The van der Waals surface area contributed by atoms with Crippen LogP contribution in [0.2, 0.25) is 0 Å². The molecule has 0 aliphatic carbocycles. The second kappa shape index (κ2) is 7.09. The molecule has 0 saturated carbocycles. The molecule has 0 unspecified atom stereocenters. The van der Waals surface area contributed by atoms with E-state index in [2.05, 4.69) is 22.4 Å². The van der Waals surface area contributed by atoms with Crippen molar-refractivity contribution in [3.05, 3.63) is 34.8 Å². The minimum absolute atomic E-state index is 0.0115. The van der Waals surface area contributed by atoms with Crippen LogP contribution in [0.3, 0.4) is 0 Å². The van der Waals surface area contributed by atoms with E-state index in [0.717, 1.165) is 29.1 Å². The first-order valence-electron chi connectivity index (χ1n) is 8.13. The average Bonchev–Trinajstić information content (AvgIpc) is 3.21. The molecule has 6 nitrogen and oxygen atoms in total. The van der Waals surface area contributed by atoms with Crippen molar-refractivity contribution < 1.29 is 9.59 Å². The fourth-order valence-electron chi connectivity index (χ4n) is 2.84. The topological polar surface area (TPSA) is 75.2 Å². The van der Waals surface area contributed by atoms with Gasteiger partial charge in [-0.1, -0.05) is 43.4 Å². The van der Waals surface area contributed by atoms with E-state index in [0.29, 0.717) is 11.7 Å². The van der Waals surface area contributed by atoms with Gasteiger partial charge in [-0.15, -0.1) is 10.2 Å². The normalized spacial score (nSPS) is 17.3. The maximum atomic E-state index is 12.4. The maximum Gasteiger partial charge on any atom is 0.231 e. The highest BCUT2D eigenvalue weighted by molar-refractivity contribution is 7.15. The summed E-state index contributed by atoms with van der Waals surface area (Å²) < 4.78 is 0. The third-order valence-corrected chi connectivity index (χ3v) is 5.14. The summed E-state index contributed by atoms with van der Waals surface area (Å²) in [6.07, 6.45) is 1.86. The predicted molar refractivity (Wildman–Crippen MR) is 94.2 cm³/mol. The first kappa shape index (κ1) is 16.6. The number of carbonyl (C=O) groups is 2. The smallest absolute Gasteiger partial charge is 0.231 e. The van der Waals surface area contributed by atoms with Gasteiger partial charge in [0.2, 0.25) is 16.9 Å². The van der Waals surface area contributed by atoms with Gasteiger partial charge < -0.3 is 10.2 Å². The Balaban J connectivity index is 1.71. The van der Waals surface area contributed by atoms with Crippen molar-refractivity contribution >= 4 is 34.0 Å². The van der Waals surface area contributed by atoms with Crippen LogP contribution in [0.5, 0.6) is 0 Å². The second-order valence-electron chi connectivity index (χ2n) is 5.73. The molecule has 1 saturated heterocycles. The molecule has 126 valence electrons. The number of benzene rings is 1. The highest BCUT2D eigenvalue weighted by Gasteiger charge is 2.36. The molecule has 0 radical (unpaired) electrons. The van der Waals surface area contributed by atoms with Crippen molar-refractivity contribution in [1.29, 1.82) is 0 Å². The van der Waals surface area contributed by atoms with Crippen molar-refractivity contribution in [3.63, 3.8) is 0 Å². The number of rotatable bonds is 5. The minimum Gasteiger partial charge on any atom is -0.311 e. The molecule has 7 heteroatoms. The Hall–Kier alpha value is -2.28. The van der Waals surface area contributed by atoms with E-state index in [1.54, 1.807) is 4.90 Å². The SMILES string of the molecule is CCc1nnc(NC(=O)[C@H]2CC(=O)N(c3ccccc3CC)C2)s1. The minimum atomic E-state index is -0.364. The first-order chi connectivity index (χ1) is 11.6. The number of aromatic nitrogens is 2. The Morgan fingerprint density at radius 2 is 2.08 bits per heavy atom. The summed E-state index contributed by atoms with van der Waals surface area (Å²) in [4.78, 5) is 26.5. The maximum absolute atomic E-state index is 12.4. The van der Waals surface area contributed by atoms with Gasteiger partial charge in [-0.3, -0.25) is 9.59 Å². The second-order valence-corrected chi connectivity index (χ2v) is 6.79. The van der Waals surface area contributed by atoms with Crippen molar-refractivity contribution in [1.82, 2.24) is 10.2 Å². The molecule has 1 fully saturated rings. The number of carbonyl (C=O) groups excluding carboxylic acids is 2. The van der Waals surface area contributed by atoms with E-state index in [1.165, 1.54) is 11.3 Å². The Morgan fingerprint density at radius 1 is 1.29 bits per heavy atom. The van der Waals surface area contributed by atoms with Crippen LogP contribution < -0.4 is 10.2 Å². The summed E-state index contributed by atoms with van der Waals surface area (Å²) in [5.74, 6) is -0.544. The van der Waals surface area contributed by atoms with Gasteiger partial charge in [-0.05, 0) is 24.5 Å². The van der Waals surface area contributed by atoms with Crippen molar-refractivity contribution in [2.75, 3.05) is 16.8 Å². The first-order valence-corrected chi connectivity index (χ1v) is 8.95. The fraction of sp³-hybridized carbons (Fsp3) is 0.412. The summed E-state index contributed by atoms with van der Waals surface area (Å²) >= 11 is 1.37. The molecule has 2 amide bonds. The quantitative estimate of drug-likeness (QED) is 0.905. The van der Waals surface area contributed by atoms with Crippen LogP contribution in [-0.2, 0) is 22.4 Å². The Bertz CT molecular complexity index is 759. The lowest BCUT2D eigenvalue weighted by Gasteiger charge is -2.19. The van der Waals surface area contributed by atoms with Gasteiger partial charge in [0.1, 0.15) is 5.01 Å². The van der Waals surface area contributed by atoms with Crippen molar-refractivity contribution in [2.45, 2.75) is 33.1 Å². The molecule has 1 aliphatic rings. The van der Waals surface area contributed by atoms with Gasteiger partial charge in [-0.25, -0.2) is 0 Å². The van der Waals surface area contributed by atoms with E-state index in [4.69, 9.17) is 0 Å². The lowest BCUT2D eigenvalue weighted by Crippen LogP contribution is -2.28. The van der Waals surface area contributed by atoms with E-state index in [-0.39, 0.29) is 24.2 Å². The molecule has 0 spiro atoms. The van der Waals surface area contributed by atoms with Gasteiger partial charge in [0.05, 0.1) is 5.92 Å². The molecule has 1 N–H and O–H groups in total. The number of amides is 2. The molecular formula is C17H20N4O2S.